The summed E-state index contributed by atoms with van der Waals surface area (Å²) in [7, 11) is -4.06. The van der Waals surface area contributed by atoms with Gasteiger partial charge in [-0.05, 0) is 30.5 Å². The fourth-order valence-electron chi connectivity index (χ4n) is 2.64. The van der Waals surface area contributed by atoms with Crippen molar-refractivity contribution in [3.05, 3.63) is 29.8 Å². The molecule has 3 nitrogen and oxygen atoms in total. The predicted molar refractivity (Wildman–Crippen MR) is 97.6 cm³/mol. The van der Waals surface area contributed by atoms with Gasteiger partial charge in [-0.1, -0.05) is 76.8 Å². The molecule has 0 aromatic heterocycles. The third-order valence-corrected chi connectivity index (χ3v) is 4.91. The first-order chi connectivity index (χ1) is 10.5. The van der Waals surface area contributed by atoms with Crippen LogP contribution < -0.4 is 0 Å². The van der Waals surface area contributed by atoms with E-state index in [-0.39, 0.29) is 27.9 Å². The summed E-state index contributed by atoms with van der Waals surface area (Å²) < 4.78 is 30.8. The van der Waals surface area contributed by atoms with E-state index in [2.05, 4.69) is 6.92 Å². The van der Waals surface area contributed by atoms with E-state index in [1.807, 2.05) is 0 Å². The molecule has 1 rings (SSSR count). The van der Waals surface area contributed by atoms with E-state index in [4.69, 9.17) is 4.55 Å². The maximum atomic E-state index is 10.9. The first-order valence-corrected chi connectivity index (χ1v) is 10.0. The summed E-state index contributed by atoms with van der Waals surface area (Å²) in [5.74, 6) is 0. The molecule has 5 heteroatoms. The van der Waals surface area contributed by atoms with Crippen molar-refractivity contribution in [2.24, 2.45) is 0 Å². The molecule has 0 unspecified atom stereocenters. The maximum Gasteiger partial charge on any atom is 2.00 e. The third-order valence-electron chi connectivity index (χ3n) is 4.04. The van der Waals surface area contributed by atoms with Gasteiger partial charge in [-0.25, -0.2) is 0 Å². The molecule has 0 heterocycles. The molecule has 1 aromatic rings. The van der Waals surface area contributed by atoms with Gasteiger partial charge in [0.25, 0.3) is 10.1 Å². The Morgan fingerprint density at radius 2 is 1.22 bits per heavy atom. The van der Waals surface area contributed by atoms with Crippen LogP contribution in [-0.4, -0.2) is 36.0 Å². The molecule has 0 fully saturated rings. The summed E-state index contributed by atoms with van der Waals surface area (Å²) >= 11 is 0. The molecule has 126 valence electrons. The van der Waals surface area contributed by atoms with Gasteiger partial charge >= 0.3 is 23.1 Å². The molecule has 0 atom stereocenters. The fourth-order valence-corrected chi connectivity index (χ4v) is 3.12. The van der Waals surface area contributed by atoms with Crippen LogP contribution in [-0.2, 0) is 16.5 Å². The zero-order valence-corrected chi connectivity index (χ0v) is 16.7. The molecule has 1 N–H and O–H groups in total. The van der Waals surface area contributed by atoms with E-state index >= 15 is 0 Å². The summed E-state index contributed by atoms with van der Waals surface area (Å²) in [6, 6.07) is 6.52. The Hall–Kier alpha value is -0.104. The second-order valence-corrected chi connectivity index (χ2v) is 7.47. The molecule has 0 aliphatic carbocycles. The number of hydrogen-bond donors (Lipinski definition) is 1. The van der Waals surface area contributed by atoms with Gasteiger partial charge in [0.15, 0.2) is 0 Å². The van der Waals surface area contributed by atoms with Gasteiger partial charge in [0, 0.05) is 0 Å². The summed E-state index contributed by atoms with van der Waals surface area (Å²) in [6.07, 6.45) is 14.1. The Morgan fingerprint density at radius 1 is 0.783 bits per heavy atom. The van der Waals surface area contributed by atoms with Crippen molar-refractivity contribution in [1.29, 1.82) is 0 Å². The van der Waals surface area contributed by atoms with Crippen LogP contribution in [0.25, 0.3) is 0 Å². The van der Waals surface area contributed by atoms with Gasteiger partial charge < -0.3 is 0 Å². The standard InChI is InChI=1S/C18H30O3S.Mg/c1-2-3-4-5-6-7-8-9-10-11-12-17-13-15-18(16-14-17)22(19,20)21;/h13-16H,2-12H2,1H3,(H,19,20,21);/q;+2. The van der Waals surface area contributed by atoms with Crippen LogP contribution in [0.2, 0.25) is 0 Å². The molecule has 23 heavy (non-hydrogen) atoms. The average molecular weight is 351 g/mol. The van der Waals surface area contributed by atoms with Crippen molar-refractivity contribution in [1.82, 2.24) is 0 Å². The number of benzene rings is 1. The minimum absolute atomic E-state index is 0. The molecule has 0 spiro atoms. The number of hydrogen-bond acceptors (Lipinski definition) is 2. The zero-order valence-electron chi connectivity index (χ0n) is 14.5. The molecular weight excluding hydrogens is 321 g/mol. The number of aryl methyl sites for hydroxylation is 1. The van der Waals surface area contributed by atoms with E-state index in [1.165, 1.54) is 69.9 Å². The van der Waals surface area contributed by atoms with E-state index in [9.17, 15) is 8.42 Å². The van der Waals surface area contributed by atoms with Crippen LogP contribution in [0.15, 0.2) is 29.2 Å². The topological polar surface area (TPSA) is 54.4 Å². The monoisotopic (exact) mass is 350 g/mol. The predicted octanol–water partition coefficient (Wildman–Crippen LogP) is 5.02. The van der Waals surface area contributed by atoms with Gasteiger partial charge in [0.1, 0.15) is 0 Å². The van der Waals surface area contributed by atoms with Crippen LogP contribution in [0.3, 0.4) is 0 Å². The third kappa shape index (κ3) is 11.1. The Kier molecular flexibility index (Phi) is 13.2. The van der Waals surface area contributed by atoms with Gasteiger partial charge in [0.05, 0.1) is 4.90 Å². The number of unbranched alkanes of at least 4 members (excludes halogenated alkanes) is 9. The summed E-state index contributed by atoms with van der Waals surface area (Å²) in [4.78, 5) is -0.0284. The quantitative estimate of drug-likeness (QED) is 0.327. The fraction of sp³-hybridized carbons (Fsp3) is 0.667. The zero-order chi connectivity index (χ0) is 16.3. The van der Waals surface area contributed by atoms with Crippen LogP contribution >= 0.6 is 0 Å². The van der Waals surface area contributed by atoms with E-state index in [0.29, 0.717) is 0 Å². The minimum Gasteiger partial charge on any atom is -0.282 e. The SMILES string of the molecule is CCCCCCCCCCCCc1ccc(S(=O)(=O)O)cc1.[Mg+2]. The molecule has 0 aliphatic heterocycles. The van der Waals surface area contributed by atoms with Crippen molar-refractivity contribution in [3.63, 3.8) is 0 Å². The summed E-state index contributed by atoms with van der Waals surface area (Å²) in [6.45, 7) is 2.25. The minimum atomic E-state index is -4.06. The van der Waals surface area contributed by atoms with Gasteiger partial charge in [-0.15, -0.1) is 0 Å². The van der Waals surface area contributed by atoms with Crippen molar-refractivity contribution in [2.75, 3.05) is 0 Å². The maximum absolute atomic E-state index is 10.9. The largest absolute Gasteiger partial charge is 2.00 e. The Labute approximate surface area is 158 Å². The van der Waals surface area contributed by atoms with Gasteiger partial charge in [0.2, 0.25) is 0 Å². The Morgan fingerprint density at radius 3 is 1.65 bits per heavy atom. The van der Waals surface area contributed by atoms with Crippen LogP contribution in [0.1, 0.15) is 76.7 Å². The number of rotatable bonds is 12. The van der Waals surface area contributed by atoms with Crippen LogP contribution in [0, 0.1) is 0 Å². The first kappa shape index (κ1) is 22.9. The summed E-state index contributed by atoms with van der Waals surface area (Å²) in [5.41, 5.74) is 1.13. The molecular formula is C18H30MgO3S+2. The van der Waals surface area contributed by atoms with E-state index < -0.39 is 10.1 Å². The van der Waals surface area contributed by atoms with Crippen molar-refractivity contribution in [2.45, 2.75) is 82.4 Å². The van der Waals surface area contributed by atoms with Crippen LogP contribution in [0.4, 0.5) is 0 Å². The van der Waals surface area contributed by atoms with Gasteiger partial charge in [-0.3, -0.25) is 4.55 Å². The Bertz CT molecular complexity index is 498. The first-order valence-electron chi connectivity index (χ1n) is 8.60. The summed E-state index contributed by atoms with van der Waals surface area (Å²) in [5, 5.41) is 0. The molecule has 0 aliphatic rings. The van der Waals surface area contributed by atoms with E-state index in [1.54, 1.807) is 12.1 Å². The second-order valence-electron chi connectivity index (χ2n) is 6.05. The molecule has 0 saturated carbocycles. The second kappa shape index (κ2) is 13.2. The molecule has 0 amide bonds. The molecule has 0 bridgehead atoms. The van der Waals surface area contributed by atoms with Crippen LogP contribution in [0.5, 0.6) is 0 Å². The average Bonchev–Trinajstić information content (AvgIpc) is 2.49. The normalized spacial score (nSPS) is 11.2. The van der Waals surface area contributed by atoms with Crippen molar-refractivity contribution in [3.8, 4) is 0 Å². The smallest absolute Gasteiger partial charge is 0.282 e. The molecule has 1 aromatic carbocycles. The Balaban J connectivity index is 0.00000484. The van der Waals surface area contributed by atoms with E-state index in [0.717, 1.165) is 18.4 Å². The van der Waals surface area contributed by atoms with Crippen molar-refractivity contribution < 1.29 is 13.0 Å². The van der Waals surface area contributed by atoms with Crippen molar-refractivity contribution >= 4 is 33.2 Å². The van der Waals surface area contributed by atoms with Gasteiger partial charge in [-0.2, -0.15) is 8.42 Å². The molecule has 0 radical (unpaired) electrons. The molecule has 0 saturated heterocycles.